The number of aliphatic imine (C=N–C) groups is 1. The number of likely N-dealkylation sites (tertiary alicyclic amines) is 1. The maximum Gasteiger partial charge on any atom is 0.234 e. The largest absolute Gasteiger partial charge is 0.367 e. The summed E-state index contributed by atoms with van der Waals surface area (Å²) < 4.78 is 1.77. The Labute approximate surface area is 340 Å². The number of hydrogen-bond acceptors (Lipinski definition) is 13. The average molecular weight is 796 g/mol. The van der Waals surface area contributed by atoms with Crippen LogP contribution in [-0.4, -0.2) is 110 Å². The average Bonchev–Trinajstić information content (AvgIpc) is 3.50. The summed E-state index contributed by atoms with van der Waals surface area (Å²) in [6.07, 6.45) is 14.1. The molecule has 2 amide bonds. The lowest BCUT2D eigenvalue weighted by Crippen LogP contribution is -2.55. The highest BCUT2D eigenvalue weighted by molar-refractivity contribution is 7.18. The second-order valence-corrected chi connectivity index (χ2v) is 17.1. The van der Waals surface area contributed by atoms with Crippen molar-refractivity contribution in [2.24, 2.45) is 16.8 Å². The highest BCUT2D eigenvalue weighted by atomic mass is 32.1. The Bertz CT molecular complexity index is 2410. The minimum absolute atomic E-state index is 0.221. The van der Waals surface area contributed by atoms with E-state index in [4.69, 9.17) is 10.1 Å². The molecule has 5 fully saturated rings. The summed E-state index contributed by atoms with van der Waals surface area (Å²) in [5.41, 5.74) is 4.48. The van der Waals surface area contributed by atoms with E-state index in [9.17, 15) is 20.1 Å². The molecule has 0 spiro atoms. The van der Waals surface area contributed by atoms with Crippen LogP contribution in [0.1, 0.15) is 56.9 Å². The number of fused-ring (bicyclic) bond motifs is 3. The fraction of sp³-hybridized carbons (Fsp3) is 0.452. The van der Waals surface area contributed by atoms with Gasteiger partial charge in [-0.3, -0.25) is 29.8 Å². The number of rotatable bonds is 10. The van der Waals surface area contributed by atoms with Crippen LogP contribution in [0.5, 0.6) is 0 Å². The molecular weight excluding hydrogens is 751 g/mol. The molecule has 2 N–H and O–H groups in total. The van der Waals surface area contributed by atoms with E-state index in [2.05, 4.69) is 59.2 Å². The topological polar surface area (TPSA) is 184 Å². The predicted molar refractivity (Wildman–Crippen MR) is 221 cm³/mol. The molecule has 296 valence electrons. The number of aromatic nitrogens is 5. The van der Waals surface area contributed by atoms with Crippen molar-refractivity contribution in [3.8, 4) is 34.1 Å². The lowest BCUT2D eigenvalue weighted by Gasteiger charge is -2.43. The fourth-order valence-corrected chi connectivity index (χ4v) is 9.86. The van der Waals surface area contributed by atoms with Crippen molar-refractivity contribution in [3.05, 3.63) is 66.5 Å². The number of piperidine rings is 2. The van der Waals surface area contributed by atoms with Crippen molar-refractivity contribution in [2.45, 2.75) is 69.0 Å². The first-order valence-electron chi connectivity index (χ1n) is 20.1. The van der Waals surface area contributed by atoms with Crippen LogP contribution in [0.15, 0.2) is 66.0 Å². The molecule has 0 aromatic carbocycles. The van der Waals surface area contributed by atoms with Crippen LogP contribution in [0.2, 0.25) is 0 Å². The first-order valence-corrected chi connectivity index (χ1v) is 20.9. The second kappa shape index (κ2) is 15.4. The van der Waals surface area contributed by atoms with Crippen LogP contribution in [0, 0.1) is 34.5 Å². The van der Waals surface area contributed by atoms with Gasteiger partial charge >= 0.3 is 0 Å². The number of piperazine rings is 1. The van der Waals surface area contributed by atoms with Crippen molar-refractivity contribution >= 4 is 45.3 Å². The Hall–Kier alpha value is -5.97. The minimum Gasteiger partial charge on any atom is -0.367 e. The van der Waals surface area contributed by atoms with Gasteiger partial charge < -0.3 is 15.1 Å². The molecule has 4 saturated heterocycles. The fourth-order valence-electron chi connectivity index (χ4n) is 8.98. The maximum atomic E-state index is 12.3. The lowest BCUT2D eigenvalue weighted by molar-refractivity contribution is -0.135. The summed E-state index contributed by atoms with van der Waals surface area (Å²) in [6, 6.07) is 13.2. The summed E-state index contributed by atoms with van der Waals surface area (Å²) in [4.78, 5) is 40.7. The van der Waals surface area contributed by atoms with E-state index in [0.717, 1.165) is 96.8 Å². The molecule has 2 bridgehead atoms. The van der Waals surface area contributed by atoms with Crippen LogP contribution in [-0.2, 0) is 9.59 Å². The molecule has 4 aliphatic heterocycles. The number of amides is 2. The Kier molecular flexibility index (Phi) is 9.99. The van der Waals surface area contributed by atoms with Crippen molar-refractivity contribution < 1.29 is 9.59 Å². The van der Waals surface area contributed by atoms with Gasteiger partial charge in [0, 0.05) is 70.2 Å². The molecule has 1 aliphatic carbocycles. The van der Waals surface area contributed by atoms with Gasteiger partial charge in [0.05, 0.1) is 46.2 Å². The minimum atomic E-state index is -0.605. The second-order valence-electron chi connectivity index (χ2n) is 16.1. The number of pyridine rings is 1. The number of anilines is 2. The molecule has 9 rings (SSSR count). The monoisotopic (exact) mass is 795 g/mol. The number of nitrogens with one attached hydrogen (secondary N) is 2. The number of imide groups is 1. The molecule has 0 radical (unpaired) electrons. The van der Waals surface area contributed by atoms with Crippen LogP contribution in [0.3, 0.4) is 0 Å². The number of amidine groups is 1. The van der Waals surface area contributed by atoms with Crippen LogP contribution < -0.4 is 15.5 Å². The molecule has 1 saturated carbocycles. The Morgan fingerprint density at radius 2 is 1.86 bits per heavy atom. The number of hydrogen-bond donors (Lipinski definition) is 2. The van der Waals surface area contributed by atoms with Gasteiger partial charge in [-0.05, 0) is 86.8 Å². The zero-order valence-corrected chi connectivity index (χ0v) is 33.3. The summed E-state index contributed by atoms with van der Waals surface area (Å²) in [7, 11) is 1.80. The first-order chi connectivity index (χ1) is 28.2. The van der Waals surface area contributed by atoms with E-state index in [0.29, 0.717) is 47.7 Å². The van der Waals surface area contributed by atoms with Gasteiger partial charge in [-0.1, -0.05) is 24.0 Å². The van der Waals surface area contributed by atoms with E-state index >= 15 is 0 Å². The van der Waals surface area contributed by atoms with Crippen LogP contribution in [0.25, 0.3) is 27.5 Å². The molecule has 8 heterocycles. The van der Waals surface area contributed by atoms with Gasteiger partial charge in [0.15, 0.2) is 5.01 Å². The molecule has 58 heavy (non-hydrogen) atoms. The van der Waals surface area contributed by atoms with Gasteiger partial charge in [0.1, 0.15) is 17.4 Å². The summed E-state index contributed by atoms with van der Waals surface area (Å²) in [6.45, 7) is 8.90. The van der Waals surface area contributed by atoms with Gasteiger partial charge in [-0.2, -0.15) is 15.6 Å². The van der Waals surface area contributed by atoms with Gasteiger partial charge in [0.25, 0.3) is 0 Å². The van der Waals surface area contributed by atoms with Crippen molar-refractivity contribution in [3.63, 3.8) is 0 Å². The third-order valence-corrected chi connectivity index (χ3v) is 13.5. The van der Waals surface area contributed by atoms with E-state index in [1.165, 1.54) is 12.8 Å². The lowest BCUT2D eigenvalue weighted by atomic mass is 9.91. The standard InChI is InChI=1S/C42H45N13O2S/c1-26(32-7-10-38(56)48-39(32)57)3-9-37(45-2)52-15-11-27(12-16-52)22-54-30-4-5-31(54)24-53(23-30)41-51-50-40(58-41)33-21-46-35(18-34(33)49-42(25-44)13-14-42)36-8-6-29-17-28(19-43)20-47-55(29)36/h3,6,8-9,17-18,20-21,27,30-32H,1,4-5,7,10-16,22-24H2,2H3,(H,46,49)(H,48,56,57)/b9-3-,45-37+/t30?,31?,32-/m0/s1. The summed E-state index contributed by atoms with van der Waals surface area (Å²) in [5, 5.41) is 40.8. The van der Waals surface area contributed by atoms with E-state index < -0.39 is 5.54 Å². The zero-order valence-electron chi connectivity index (χ0n) is 32.5. The van der Waals surface area contributed by atoms with E-state index in [-0.39, 0.29) is 17.7 Å². The van der Waals surface area contributed by atoms with E-state index in [1.54, 1.807) is 35.2 Å². The Balaban J connectivity index is 0.836. The molecule has 2 unspecified atom stereocenters. The van der Waals surface area contributed by atoms with Crippen LogP contribution in [0.4, 0.5) is 10.8 Å². The SMILES string of the molecule is C=C(/C=C\C(=N/C)N1CCC(CN2C3CCC2CN(c2nnc(-c4cnc(-c5ccc6cc(C#N)cnn56)cc4NC4(C#N)CC4)s2)C3)CC1)[C@@H]1CCC(=O)NC1=O. The molecular formula is C42H45N13O2S. The quantitative estimate of drug-likeness (QED) is 0.0968. The smallest absolute Gasteiger partial charge is 0.234 e. The molecule has 4 aromatic heterocycles. The number of nitrogens with zero attached hydrogens (tertiary/aromatic N) is 11. The van der Waals surface area contributed by atoms with Crippen molar-refractivity contribution in [1.82, 2.24) is 39.9 Å². The number of nitriles is 2. The summed E-state index contributed by atoms with van der Waals surface area (Å²) >= 11 is 1.57. The molecule has 15 nitrogen and oxygen atoms in total. The number of allylic oxidation sites excluding steroid dienone is 1. The third-order valence-electron chi connectivity index (χ3n) is 12.5. The van der Waals surface area contributed by atoms with Crippen molar-refractivity contribution in [2.75, 3.05) is 50.0 Å². The van der Waals surface area contributed by atoms with Gasteiger partial charge in [-0.25, -0.2) is 4.52 Å². The van der Waals surface area contributed by atoms with Gasteiger partial charge in [-0.15, -0.1) is 10.2 Å². The number of carbonyl (C=O) groups excluding carboxylic acids is 2. The Morgan fingerprint density at radius 1 is 1.07 bits per heavy atom. The maximum absolute atomic E-state index is 12.3. The highest BCUT2D eigenvalue weighted by Gasteiger charge is 2.44. The zero-order chi connectivity index (χ0) is 40.0. The predicted octanol–water partition coefficient (Wildman–Crippen LogP) is 4.81. The van der Waals surface area contributed by atoms with Crippen LogP contribution >= 0.6 is 11.3 Å². The van der Waals surface area contributed by atoms with Crippen molar-refractivity contribution in [1.29, 1.82) is 10.5 Å². The van der Waals surface area contributed by atoms with E-state index in [1.807, 2.05) is 36.5 Å². The number of carbonyl (C=O) groups is 2. The van der Waals surface area contributed by atoms with Gasteiger partial charge in [0.2, 0.25) is 16.9 Å². The molecule has 5 aliphatic rings. The highest BCUT2D eigenvalue weighted by Crippen LogP contribution is 2.43. The molecule has 4 aromatic rings. The molecule has 3 atom stereocenters. The Morgan fingerprint density at radius 3 is 2.57 bits per heavy atom. The third kappa shape index (κ3) is 7.34. The first kappa shape index (κ1) is 37.6. The normalized spacial score (nSPS) is 23.6. The molecule has 16 heteroatoms. The summed E-state index contributed by atoms with van der Waals surface area (Å²) in [5.74, 6) is 0.636.